The number of carbonyl (C=O) groups is 1. The molecular weight excluding hydrogens is 324 g/mol. The SMILES string of the molecule is Cc1cccc(C)c1NC(=O)[C@@H](c1ccccc1)N(C)S(C)(=O)=O. The third-order valence-electron chi connectivity index (χ3n) is 3.98. The number of benzene rings is 2. The molecule has 0 saturated heterocycles. The van der Waals surface area contributed by atoms with Crippen LogP contribution in [0, 0.1) is 13.8 Å². The number of hydrogen-bond acceptors (Lipinski definition) is 3. The lowest BCUT2D eigenvalue weighted by atomic mass is 10.0. The average Bonchev–Trinajstić information content (AvgIpc) is 2.51. The summed E-state index contributed by atoms with van der Waals surface area (Å²) in [5.74, 6) is -0.383. The lowest BCUT2D eigenvalue weighted by Gasteiger charge is -2.26. The van der Waals surface area contributed by atoms with E-state index in [0.29, 0.717) is 11.3 Å². The van der Waals surface area contributed by atoms with Crippen molar-refractivity contribution in [2.75, 3.05) is 18.6 Å². The molecular formula is C18H22N2O3S. The molecule has 128 valence electrons. The van der Waals surface area contributed by atoms with Crippen molar-refractivity contribution in [3.05, 3.63) is 65.2 Å². The highest BCUT2D eigenvalue weighted by Gasteiger charge is 2.31. The van der Waals surface area contributed by atoms with Gasteiger partial charge >= 0.3 is 0 Å². The Morgan fingerprint density at radius 3 is 2.04 bits per heavy atom. The van der Waals surface area contributed by atoms with E-state index in [0.717, 1.165) is 21.7 Å². The van der Waals surface area contributed by atoms with E-state index in [1.165, 1.54) is 7.05 Å². The van der Waals surface area contributed by atoms with Gasteiger partial charge in [-0.05, 0) is 30.5 Å². The van der Waals surface area contributed by atoms with Gasteiger partial charge in [0.2, 0.25) is 15.9 Å². The minimum atomic E-state index is -3.54. The number of sulfonamides is 1. The van der Waals surface area contributed by atoms with Gasteiger partial charge in [-0.1, -0.05) is 48.5 Å². The van der Waals surface area contributed by atoms with Crippen LogP contribution in [0.2, 0.25) is 0 Å². The summed E-state index contributed by atoms with van der Waals surface area (Å²) in [6.45, 7) is 3.81. The standard InChI is InChI=1S/C18H22N2O3S/c1-13-9-8-10-14(2)16(13)19-18(21)17(20(3)24(4,22)23)15-11-6-5-7-12-15/h5-12,17H,1-4H3,(H,19,21)/t17-/m1/s1. The first-order valence-electron chi connectivity index (χ1n) is 7.57. The molecule has 0 fully saturated rings. The number of aryl methyl sites for hydroxylation is 2. The monoisotopic (exact) mass is 346 g/mol. The van der Waals surface area contributed by atoms with E-state index < -0.39 is 16.1 Å². The van der Waals surface area contributed by atoms with E-state index in [1.807, 2.05) is 38.1 Å². The minimum absolute atomic E-state index is 0.383. The van der Waals surface area contributed by atoms with Gasteiger partial charge in [0.1, 0.15) is 6.04 Å². The van der Waals surface area contributed by atoms with Gasteiger partial charge < -0.3 is 5.32 Å². The van der Waals surface area contributed by atoms with Crippen LogP contribution in [0.5, 0.6) is 0 Å². The molecule has 0 spiro atoms. The van der Waals surface area contributed by atoms with Crippen LogP contribution in [0.1, 0.15) is 22.7 Å². The first-order chi connectivity index (χ1) is 11.2. The summed E-state index contributed by atoms with van der Waals surface area (Å²) in [4.78, 5) is 12.9. The highest BCUT2D eigenvalue weighted by atomic mass is 32.2. The zero-order chi connectivity index (χ0) is 17.9. The molecule has 5 nitrogen and oxygen atoms in total. The lowest BCUT2D eigenvalue weighted by Crippen LogP contribution is -2.38. The Morgan fingerprint density at radius 2 is 1.54 bits per heavy atom. The summed E-state index contributed by atoms with van der Waals surface area (Å²) < 4.78 is 25.1. The van der Waals surface area contributed by atoms with Crippen LogP contribution in [0.15, 0.2) is 48.5 Å². The zero-order valence-corrected chi connectivity index (χ0v) is 15.1. The molecule has 0 aliphatic heterocycles. The fourth-order valence-corrected chi connectivity index (χ4v) is 3.16. The summed E-state index contributed by atoms with van der Waals surface area (Å²) in [5, 5.41) is 2.89. The fourth-order valence-electron chi connectivity index (χ4n) is 2.56. The van der Waals surface area contributed by atoms with Gasteiger partial charge in [0, 0.05) is 12.7 Å². The molecule has 0 aliphatic rings. The van der Waals surface area contributed by atoms with Crippen LogP contribution in [0.4, 0.5) is 5.69 Å². The quantitative estimate of drug-likeness (QED) is 0.905. The topological polar surface area (TPSA) is 66.5 Å². The Morgan fingerprint density at radius 1 is 1.00 bits per heavy atom. The van der Waals surface area contributed by atoms with Gasteiger partial charge in [-0.3, -0.25) is 4.79 Å². The van der Waals surface area contributed by atoms with Crippen molar-refractivity contribution in [3.8, 4) is 0 Å². The van der Waals surface area contributed by atoms with Crippen LogP contribution in [-0.4, -0.2) is 31.9 Å². The van der Waals surface area contributed by atoms with Crippen molar-refractivity contribution in [1.29, 1.82) is 0 Å². The highest BCUT2D eigenvalue weighted by molar-refractivity contribution is 7.88. The number of carbonyl (C=O) groups excluding carboxylic acids is 1. The second-order valence-electron chi connectivity index (χ2n) is 5.85. The van der Waals surface area contributed by atoms with Gasteiger partial charge in [-0.2, -0.15) is 4.31 Å². The summed E-state index contributed by atoms with van der Waals surface area (Å²) in [5.41, 5.74) is 3.19. The van der Waals surface area contributed by atoms with Gasteiger partial charge in [0.05, 0.1) is 6.26 Å². The van der Waals surface area contributed by atoms with Crippen molar-refractivity contribution in [1.82, 2.24) is 4.31 Å². The van der Waals surface area contributed by atoms with E-state index in [-0.39, 0.29) is 5.91 Å². The maximum atomic E-state index is 12.9. The van der Waals surface area contributed by atoms with E-state index in [1.54, 1.807) is 24.3 Å². The summed E-state index contributed by atoms with van der Waals surface area (Å²) in [6, 6.07) is 13.7. The van der Waals surface area contributed by atoms with Crippen LogP contribution < -0.4 is 5.32 Å². The predicted molar refractivity (Wildman–Crippen MR) is 96.3 cm³/mol. The van der Waals surface area contributed by atoms with E-state index >= 15 is 0 Å². The smallest absolute Gasteiger partial charge is 0.247 e. The number of amides is 1. The minimum Gasteiger partial charge on any atom is -0.324 e. The predicted octanol–water partition coefficient (Wildman–Crippen LogP) is 2.87. The molecule has 0 aromatic heterocycles. The molecule has 0 radical (unpaired) electrons. The number of likely N-dealkylation sites (N-methyl/N-ethyl adjacent to an activating group) is 1. The number of nitrogens with one attached hydrogen (secondary N) is 1. The Labute approximate surface area is 143 Å². The Kier molecular flexibility index (Phi) is 5.41. The third kappa shape index (κ3) is 4.01. The first kappa shape index (κ1) is 18.2. The largest absolute Gasteiger partial charge is 0.324 e. The number of hydrogen-bond donors (Lipinski definition) is 1. The van der Waals surface area contributed by atoms with Crippen molar-refractivity contribution >= 4 is 21.6 Å². The molecule has 2 aromatic rings. The van der Waals surface area contributed by atoms with Crippen molar-refractivity contribution in [2.24, 2.45) is 0 Å². The second kappa shape index (κ2) is 7.15. The molecule has 2 aromatic carbocycles. The maximum Gasteiger partial charge on any atom is 0.247 e. The Balaban J connectivity index is 2.42. The van der Waals surface area contributed by atoms with E-state index in [2.05, 4.69) is 5.32 Å². The van der Waals surface area contributed by atoms with Gasteiger partial charge in [0.25, 0.3) is 0 Å². The molecule has 2 rings (SSSR count). The number of anilines is 1. The Bertz CT molecular complexity index is 812. The molecule has 0 saturated carbocycles. The van der Waals surface area contributed by atoms with Gasteiger partial charge in [0.15, 0.2) is 0 Å². The van der Waals surface area contributed by atoms with Crippen molar-refractivity contribution in [2.45, 2.75) is 19.9 Å². The number of rotatable bonds is 5. The summed E-state index contributed by atoms with van der Waals surface area (Å²) >= 11 is 0. The fraction of sp³-hybridized carbons (Fsp3) is 0.278. The van der Waals surface area contributed by atoms with Crippen LogP contribution in [-0.2, 0) is 14.8 Å². The molecule has 1 atom stereocenters. The third-order valence-corrected chi connectivity index (χ3v) is 5.24. The molecule has 24 heavy (non-hydrogen) atoms. The lowest BCUT2D eigenvalue weighted by molar-refractivity contribution is -0.119. The number of para-hydroxylation sites is 1. The van der Waals surface area contributed by atoms with Crippen LogP contribution in [0.3, 0.4) is 0 Å². The van der Waals surface area contributed by atoms with Crippen molar-refractivity contribution < 1.29 is 13.2 Å². The molecule has 0 heterocycles. The van der Waals surface area contributed by atoms with Crippen LogP contribution >= 0.6 is 0 Å². The summed E-state index contributed by atoms with van der Waals surface area (Å²) in [6.07, 6.45) is 1.09. The molecule has 0 aliphatic carbocycles. The molecule has 6 heteroatoms. The second-order valence-corrected chi connectivity index (χ2v) is 7.89. The molecule has 1 amide bonds. The van der Waals surface area contributed by atoms with Gasteiger partial charge in [-0.15, -0.1) is 0 Å². The molecule has 1 N–H and O–H groups in total. The zero-order valence-electron chi connectivity index (χ0n) is 14.3. The maximum absolute atomic E-state index is 12.9. The van der Waals surface area contributed by atoms with Gasteiger partial charge in [-0.25, -0.2) is 8.42 Å². The number of nitrogens with zero attached hydrogens (tertiary/aromatic N) is 1. The van der Waals surface area contributed by atoms with E-state index in [9.17, 15) is 13.2 Å². The normalized spacial score (nSPS) is 12.9. The van der Waals surface area contributed by atoms with Crippen molar-refractivity contribution in [3.63, 3.8) is 0 Å². The highest BCUT2D eigenvalue weighted by Crippen LogP contribution is 2.26. The average molecular weight is 346 g/mol. The molecule has 0 unspecified atom stereocenters. The summed E-state index contributed by atoms with van der Waals surface area (Å²) in [7, 11) is -2.12. The first-order valence-corrected chi connectivity index (χ1v) is 9.41. The van der Waals surface area contributed by atoms with Crippen LogP contribution in [0.25, 0.3) is 0 Å². The van der Waals surface area contributed by atoms with E-state index in [4.69, 9.17) is 0 Å². The Hall–Kier alpha value is -2.18. The molecule has 0 bridgehead atoms.